The fraction of sp³-hybridized carbons (Fsp3) is 0.320. The Hall–Kier alpha value is -3.19. The molecule has 4 N–H and O–H groups in total. The smallest absolute Gasteiger partial charge is 0.220 e. The van der Waals surface area contributed by atoms with Gasteiger partial charge in [-0.3, -0.25) is 4.90 Å². The normalized spacial score (nSPS) is 17.9. The summed E-state index contributed by atoms with van der Waals surface area (Å²) in [5.41, 5.74) is 18.7. The van der Waals surface area contributed by atoms with Gasteiger partial charge in [-0.25, -0.2) is 9.98 Å². The third-order valence-corrected chi connectivity index (χ3v) is 7.40. The third-order valence-electron chi connectivity index (χ3n) is 6.51. The van der Waals surface area contributed by atoms with Crippen molar-refractivity contribution in [3.05, 3.63) is 59.0 Å². The van der Waals surface area contributed by atoms with Gasteiger partial charge >= 0.3 is 0 Å². The second-order valence-electron chi connectivity index (χ2n) is 8.71. The molecule has 164 valence electrons. The molecule has 2 aromatic carbocycles. The summed E-state index contributed by atoms with van der Waals surface area (Å²) < 4.78 is 0. The standard InChI is InChI=1S/C25H28N6S/c1-16-9-10-18(13-17(16)2)21-15-32-22(28-21)19-7-6-8-20(14-19)31-24(27)29-23(26)30-25(31)11-4-3-5-12-25/h6-10,13-15H,3-5,11-12H2,1-2H3,(H4,26,27,29,30). The number of hydrogen-bond acceptors (Lipinski definition) is 7. The van der Waals surface area contributed by atoms with Crippen LogP contribution in [0.15, 0.2) is 57.8 Å². The summed E-state index contributed by atoms with van der Waals surface area (Å²) in [4.78, 5) is 16.1. The van der Waals surface area contributed by atoms with Gasteiger partial charge in [0.2, 0.25) is 11.9 Å². The molecule has 6 nitrogen and oxygen atoms in total. The molecule has 1 aliphatic carbocycles. The molecule has 7 heteroatoms. The first-order chi connectivity index (χ1) is 15.4. The highest BCUT2D eigenvalue weighted by atomic mass is 32.1. The van der Waals surface area contributed by atoms with Gasteiger partial charge < -0.3 is 11.5 Å². The molecular weight excluding hydrogens is 416 g/mol. The van der Waals surface area contributed by atoms with Crippen LogP contribution in [0.1, 0.15) is 43.2 Å². The van der Waals surface area contributed by atoms with Crippen LogP contribution >= 0.6 is 11.3 Å². The van der Waals surface area contributed by atoms with Crippen molar-refractivity contribution in [2.45, 2.75) is 51.6 Å². The Morgan fingerprint density at radius 1 is 0.938 bits per heavy atom. The summed E-state index contributed by atoms with van der Waals surface area (Å²) in [7, 11) is 0. The second-order valence-corrected chi connectivity index (χ2v) is 9.56. The predicted molar refractivity (Wildman–Crippen MR) is 134 cm³/mol. The van der Waals surface area contributed by atoms with Crippen LogP contribution in [-0.4, -0.2) is 22.6 Å². The van der Waals surface area contributed by atoms with Crippen molar-refractivity contribution in [1.29, 1.82) is 0 Å². The van der Waals surface area contributed by atoms with Gasteiger partial charge in [0.25, 0.3) is 0 Å². The number of aryl methyl sites for hydroxylation is 2. The second kappa shape index (κ2) is 8.06. The topological polar surface area (TPSA) is 92.9 Å². The monoisotopic (exact) mass is 444 g/mol. The minimum atomic E-state index is -0.444. The highest BCUT2D eigenvalue weighted by Crippen LogP contribution is 2.40. The summed E-state index contributed by atoms with van der Waals surface area (Å²) in [5, 5.41) is 3.10. The van der Waals surface area contributed by atoms with Crippen LogP contribution < -0.4 is 16.4 Å². The Labute approximate surface area is 192 Å². The van der Waals surface area contributed by atoms with E-state index in [0.717, 1.165) is 53.2 Å². The number of nitrogens with two attached hydrogens (primary N) is 2. The van der Waals surface area contributed by atoms with E-state index < -0.39 is 5.66 Å². The van der Waals surface area contributed by atoms with E-state index in [-0.39, 0.29) is 5.96 Å². The number of rotatable bonds is 3. The van der Waals surface area contributed by atoms with Crippen molar-refractivity contribution >= 4 is 28.9 Å². The summed E-state index contributed by atoms with van der Waals surface area (Å²) in [6, 6.07) is 14.8. The van der Waals surface area contributed by atoms with Crippen molar-refractivity contribution in [3.63, 3.8) is 0 Å². The van der Waals surface area contributed by atoms with Crippen molar-refractivity contribution in [2.75, 3.05) is 4.90 Å². The third kappa shape index (κ3) is 3.66. The Morgan fingerprint density at radius 2 is 1.75 bits per heavy atom. The number of aromatic nitrogens is 1. The zero-order chi connectivity index (χ0) is 22.3. The Balaban J connectivity index is 1.51. The lowest BCUT2D eigenvalue weighted by Crippen LogP contribution is -2.58. The minimum Gasteiger partial charge on any atom is -0.369 e. The molecule has 0 saturated heterocycles. The van der Waals surface area contributed by atoms with E-state index in [4.69, 9.17) is 21.4 Å². The highest BCUT2D eigenvalue weighted by Gasteiger charge is 2.42. The molecule has 2 aliphatic rings. The Morgan fingerprint density at radius 3 is 2.53 bits per heavy atom. The van der Waals surface area contributed by atoms with Gasteiger partial charge in [0, 0.05) is 22.2 Å². The van der Waals surface area contributed by atoms with Crippen LogP contribution in [0.25, 0.3) is 21.8 Å². The molecular formula is C25H28N6S. The number of hydrogen-bond donors (Lipinski definition) is 2. The number of anilines is 1. The molecule has 1 aliphatic heterocycles. The summed E-state index contributed by atoms with van der Waals surface area (Å²) in [5.74, 6) is 0.682. The van der Waals surface area contributed by atoms with Crippen molar-refractivity contribution in [3.8, 4) is 21.8 Å². The van der Waals surface area contributed by atoms with E-state index in [1.807, 2.05) is 6.07 Å². The first-order valence-electron chi connectivity index (χ1n) is 11.1. The molecule has 0 amide bonds. The molecule has 0 unspecified atom stereocenters. The predicted octanol–water partition coefficient (Wildman–Crippen LogP) is 5.20. The lowest BCUT2D eigenvalue weighted by molar-refractivity contribution is 0.305. The van der Waals surface area contributed by atoms with Crippen LogP contribution in [-0.2, 0) is 0 Å². The molecule has 1 spiro atoms. The van der Waals surface area contributed by atoms with Crippen LogP contribution in [0.5, 0.6) is 0 Å². The number of thiazole rings is 1. The number of benzene rings is 2. The van der Waals surface area contributed by atoms with Crippen LogP contribution in [0.4, 0.5) is 5.69 Å². The maximum atomic E-state index is 6.40. The number of guanidine groups is 2. The number of aliphatic imine (C=N–C) groups is 2. The van der Waals surface area contributed by atoms with Gasteiger partial charge in [0.15, 0.2) is 0 Å². The molecule has 0 bridgehead atoms. The first-order valence-corrected chi connectivity index (χ1v) is 12.0. The van der Waals surface area contributed by atoms with E-state index in [0.29, 0.717) is 5.96 Å². The molecule has 1 aromatic heterocycles. The summed E-state index contributed by atoms with van der Waals surface area (Å²) >= 11 is 1.65. The van der Waals surface area contributed by atoms with Gasteiger partial charge in [0.1, 0.15) is 10.7 Å². The highest BCUT2D eigenvalue weighted by molar-refractivity contribution is 7.13. The quantitative estimate of drug-likeness (QED) is 0.580. The van der Waals surface area contributed by atoms with Gasteiger partial charge in [-0.15, -0.1) is 11.3 Å². The zero-order valence-corrected chi connectivity index (χ0v) is 19.3. The number of nitrogens with zero attached hydrogens (tertiary/aromatic N) is 4. The Bertz CT molecular complexity index is 1220. The molecule has 1 fully saturated rings. The molecule has 1 saturated carbocycles. The van der Waals surface area contributed by atoms with Crippen LogP contribution in [0, 0.1) is 13.8 Å². The SMILES string of the molecule is Cc1ccc(-c2csc(-c3cccc(N4C(N)=NC(N)=NC45CCCCC5)c3)n2)cc1C. The molecule has 2 heterocycles. The van der Waals surface area contributed by atoms with Gasteiger partial charge in [-0.1, -0.05) is 30.7 Å². The van der Waals surface area contributed by atoms with E-state index in [2.05, 4.69) is 65.5 Å². The minimum absolute atomic E-state index is 0.273. The lowest BCUT2D eigenvalue weighted by atomic mass is 9.87. The Kier molecular flexibility index (Phi) is 5.21. The van der Waals surface area contributed by atoms with E-state index in [1.165, 1.54) is 17.5 Å². The average molecular weight is 445 g/mol. The van der Waals surface area contributed by atoms with Crippen molar-refractivity contribution in [1.82, 2.24) is 4.98 Å². The fourth-order valence-corrected chi connectivity index (χ4v) is 5.54. The van der Waals surface area contributed by atoms with Crippen LogP contribution in [0.3, 0.4) is 0 Å². The summed E-state index contributed by atoms with van der Waals surface area (Å²) in [6.45, 7) is 4.26. The largest absolute Gasteiger partial charge is 0.369 e. The summed E-state index contributed by atoms with van der Waals surface area (Å²) in [6.07, 6.45) is 5.26. The average Bonchev–Trinajstić information content (AvgIpc) is 3.26. The van der Waals surface area contributed by atoms with Crippen molar-refractivity contribution in [2.24, 2.45) is 21.5 Å². The van der Waals surface area contributed by atoms with E-state index in [9.17, 15) is 0 Å². The van der Waals surface area contributed by atoms with E-state index >= 15 is 0 Å². The van der Waals surface area contributed by atoms with Gasteiger partial charge in [0.05, 0.1) is 5.69 Å². The fourth-order valence-electron chi connectivity index (χ4n) is 4.71. The lowest BCUT2D eigenvalue weighted by Gasteiger charge is -2.45. The maximum Gasteiger partial charge on any atom is 0.220 e. The van der Waals surface area contributed by atoms with Gasteiger partial charge in [-0.05, 0) is 68.9 Å². The van der Waals surface area contributed by atoms with Crippen molar-refractivity contribution < 1.29 is 0 Å². The molecule has 32 heavy (non-hydrogen) atoms. The molecule has 3 aromatic rings. The maximum absolute atomic E-state index is 6.40. The zero-order valence-electron chi connectivity index (χ0n) is 18.5. The van der Waals surface area contributed by atoms with E-state index in [1.54, 1.807) is 11.3 Å². The first kappa shape index (κ1) is 20.7. The molecule has 5 rings (SSSR count). The molecule has 0 atom stereocenters. The van der Waals surface area contributed by atoms with Gasteiger partial charge in [-0.2, -0.15) is 4.99 Å². The molecule has 0 radical (unpaired) electrons. The van der Waals surface area contributed by atoms with Crippen LogP contribution in [0.2, 0.25) is 0 Å².